The number of nitrogens with one attached hydrogen (secondary N) is 2. The summed E-state index contributed by atoms with van der Waals surface area (Å²) in [5.41, 5.74) is 15.5. The van der Waals surface area contributed by atoms with Gasteiger partial charge in [-0.05, 0) is 48.9 Å². The van der Waals surface area contributed by atoms with Gasteiger partial charge in [0.15, 0.2) is 0 Å². The van der Waals surface area contributed by atoms with E-state index in [0.29, 0.717) is 23.7 Å². The van der Waals surface area contributed by atoms with Gasteiger partial charge in [-0.2, -0.15) is 5.10 Å². The molecule has 4 rings (SSSR count). The number of carbonyl (C=O) groups is 2. The van der Waals surface area contributed by atoms with E-state index in [1.807, 2.05) is 36.5 Å². The first-order chi connectivity index (χ1) is 13.9. The number of amides is 3. The second kappa shape index (κ2) is 7.46. The second-order valence-electron chi connectivity index (χ2n) is 7.54. The van der Waals surface area contributed by atoms with Crippen molar-refractivity contribution in [1.29, 1.82) is 0 Å². The molecule has 1 aromatic carbocycles. The van der Waals surface area contributed by atoms with E-state index in [1.54, 1.807) is 4.52 Å². The maximum absolute atomic E-state index is 12.0. The molecule has 8 heteroatoms. The van der Waals surface area contributed by atoms with Gasteiger partial charge >= 0.3 is 6.03 Å². The van der Waals surface area contributed by atoms with Crippen LogP contribution in [0, 0.1) is 5.92 Å². The maximum atomic E-state index is 12.0. The summed E-state index contributed by atoms with van der Waals surface area (Å²) >= 11 is 0. The van der Waals surface area contributed by atoms with Crippen LogP contribution in [0.4, 0.5) is 10.5 Å². The number of nitrogens with zero attached hydrogens (tertiary/aromatic N) is 2. The van der Waals surface area contributed by atoms with Crippen LogP contribution in [0.25, 0.3) is 16.6 Å². The molecule has 3 aromatic rings. The Labute approximate surface area is 168 Å². The molecule has 2 heterocycles. The van der Waals surface area contributed by atoms with Gasteiger partial charge in [-0.25, -0.2) is 9.31 Å². The lowest BCUT2D eigenvalue weighted by molar-refractivity contribution is 0.100. The van der Waals surface area contributed by atoms with E-state index in [0.717, 1.165) is 22.2 Å². The van der Waals surface area contributed by atoms with Crippen LogP contribution < -0.4 is 22.1 Å². The number of aromatic nitrogens is 2. The Hall–Kier alpha value is -3.55. The van der Waals surface area contributed by atoms with Crippen LogP contribution in [-0.4, -0.2) is 27.6 Å². The number of rotatable bonds is 7. The summed E-state index contributed by atoms with van der Waals surface area (Å²) in [7, 11) is 0. The lowest BCUT2D eigenvalue weighted by Gasteiger charge is -2.17. The minimum Gasteiger partial charge on any atom is -0.380 e. The third-order valence-electron chi connectivity index (χ3n) is 5.33. The van der Waals surface area contributed by atoms with Gasteiger partial charge in [0.05, 0.1) is 23.0 Å². The van der Waals surface area contributed by atoms with Crippen molar-refractivity contribution in [2.75, 3.05) is 5.32 Å². The van der Waals surface area contributed by atoms with E-state index < -0.39 is 11.9 Å². The van der Waals surface area contributed by atoms with Crippen LogP contribution in [0.3, 0.4) is 0 Å². The molecule has 29 heavy (non-hydrogen) atoms. The van der Waals surface area contributed by atoms with Crippen molar-refractivity contribution in [2.45, 2.75) is 32.4 Å². The first kappa shape index (κ1) is 18.8. The van der Waals surface area contributed by atoms with Gasteiger partial charge in [-0.15, -0.1) is 0 Å². The molecule has 1 fully saturated rings. The van der Waals surface area contributed by atoms with Crippen LogP contribution in [-0.2, 0) is 6.54 Å². The average molecular weight is 392 g/mol. The van der Waals surface area contributed by atoms with Gasteiger partial charge in [-0.1, -0.05) is 18.2 Å². The van der Waals surface area contributed by atoms with Crippen LogP contribution in [0.15, 0.2) is 42.7 Å². The Kier molecular flexibility index (Phi) is 4.84. The molecule has 1 saturated carbocycles. The first-order valence-corrected chi connectivity index (χ1v) is 9.62. The summed E-state index contributed by atoms with van der Waals surface area (Å²) in [5.74, 6) is 0.112. The minimum atomic E-state index is -0.561. The molecule has 1 atom stereocenters. The molecule has 3 amide bonds. The first-order valence-electron chi connectivity index (χ1n) is 9.62. The van der Waals surface area contributed by atoms with Crippen molar-refractivity contribution in [3.8, 4) is 11.1 Å². The Bertz CT molecular complexity index is 1090. The molecule has 0 radical (unpaired) electrons. The predicted octanol–water partition coefficient (Wildman–Crippen LogP) is 2.48. The number of urea groups is 1. The summed E-state index contributed by atoms with van der Waals surface area (Å²) in [6.45, 7) is 2.48. The van der Waals surface area contributed by atoms with Crippen molar-refractivity contribution >= 4 is 23.1 Å². The summed E-state index contributed by atoms with van der Waals surface area (Å²) in [6, 6.07) is 9.49. The minimum absolute atomic E-state index is 0.251. The quantitative estimate of drug-likeness (QED) is 0.492. The molecule has 150 valence electrons. The number of hydrogen-bond donors (Lipinski definition) is 4. The molecular weight excluding hydrogens is 368 g/mol. The highest BCUT2D eigenvalue weighted by atomic mass is 16.2. The van der Waals surface area contributed by atoms with Crippen LogP contribution in [0.1, 0.15) is 35.7 Å². The van der Waals surface area contributed by atoms with E-state index in [1.165, 1.54) is 19.0 Å². The number of nitrogens with two attached hydrogens (primary N) is 2. The number of primary amides is 2. The molecule has 1 aliphatic carbocycles. The molecule has 0 spiro atoms. The molecule has 0 bridgehead atoms. The van der Waals surface area contributed by atoms with Crippen LogP contribution in [0.2, 0.25) is 0 Å². The number of anilines is 1. The van der Waals surface area contributed by atoms with Crippen molar-refractivity contribution in [2.24, 2.45) is 17.4 Å². The highest BCUT2D eigenvalue weighted by Gasteiger charge is 2.29. The highest BCUT2D eigenvalue weighted by molar-refractivity contribution is 6.02. The molecule has 2 aromatic heterocycles. The summed E-state index contributed by atoms with van der Waals surface area (Å²) in [4.78, 5) is 22.9. The normalized spacial score (nSPS) is 14.5. The third kappa shape index (κ3) is 4.01. The fraction of sp³-hybridized carbons (Fsp3) is 0.286. The van der Waals surface area contributed by atoms with Gasteiger partial charge in [0.1, 0.15) is 0 Å². The fourth-order valence-corrected chi connectivity index (χ4v) is 3.54. The SMILES string of the molecule is CC(Nc1c(C(N)=O)cnn2cc(-c3cccc(CNC(N)=O)c3)cc12)C1CC1. The largest absolute Gasteiger partial charge is 0.380 e. The van der Waals surface area contributed by atoms with E-state index in [4.69, 9.17) is 11.5 Å². The second-order valence-corrected chi connectivity index (χ2v) is 7.54. The predicted molar refractivity (Wildman–Crippen MR) is 111 cm³/mol. The summed E-state index contributed by atoms with van der Waals surface area (Å²) in [6.07, 6.45) is 5.81. The third-order valence-corrected chi connectivity index (χ3v) is 5.33. The van der Waals surface area contributed by atoms with Crippen LogP contribution >= 0.6 is 0 Å². The van der Waals surface area contributed by atoms with Crippen molar-refractivity contribution in [1.82, 2.24) is 14.9 Å². The summed E-state index contributed by atoms with van der Waals surface area (Å²) < 4.78 is 1.75. The van der Waals surface area contributed by atoms with Gasteiger partial charge in [0.25, 0.3) is 5.91 Å². The molecule has 1 unspecified atom stereocenters. The molecule has 8 nitrogen and oxygen atoms in total. The Morgan fingerprint density at radius 2 is 2.03 bits per heavy atom. The van der Waals surface area contributed by atoms with E-state index in [-0.39, 0.29) is 6.04 Å². The lowest BCUT2D eigenvalue weighted by Crippen LogP contribution is -2.28. The van der Waals surface area contributed by atoms with Gasteiger partial charge in [0.2, 0.25) is 0 Å². The Balaban J connectivity index is 1.73. The Morgan fingerprint density at radius 1 is 1.24 bits per heavy atom. The highest BCUT2D eigenvalue weighted by Crippen LogP contribution is 2.36. The van der Waals surface area contributed by atoms with Gasteiger partial charge in [0, 0.05) is 24.3 Å². The number of fused-ring (bicyclic) bond motifs is 1. The van der Waals surface area contributed by atoms with Crippen molar-refractivity contribution < 1.29 is 9.59 Å². The lowest BCUT2D eigenvalue weighted by atomic mass is 10.1. The average Bonchev–Trinajstić information content (AvgIpc) is 3.45. The van der Waals surface area contributed by atoms with E-state index in [9.17, 15) is 9.59 Å². The molecule has 6 N–H and O–H groups in total. The molecule has 0 saturated heterocycles. The zero-order valence-electron chi connectivity index (χ0n) is 16.2. The topological polar surface area (TPSA) is 128 Å². The molecular formula is C21H24N6O2. The standard InChI is InChI=1S/C21H24N6O2/c1-12(14-5-6-14)26-19-17(20(22)28)10-25-27-11-16(8-18(19)27)15-4-2-3-13(7-15)9-24-21(23)29/h2-4,7-8,10-12,14,26H,5-6,9H2,1H3,(H2,22,28)(H3,23,24,29). The van der Waals surface area contributed by atoms with Crippen molar-refractivity contribution in [3.05, 3.63) is 53.9 Å². The van der Waals surface area contributed by atoms with Crippen LogP contribution in [0.5, 0.6) is 0 Å². The zero-order chi connectivity index (χ0) is 20.5. The zero-order valence-corrected chi connectivity index (χ0v) is 16.2. The van der Waals surface area contributed by atoms with Crippen molar-refractivity contribution in [3.63, 3.8) is 0 Å². The van der Waals surface area contributed by atoms with E-state index >= 15 is 0 Å². The summed E-state index contributed by atoms with van der Waals surface area (Å²) in [5, 5.41) is 10.4. The molecule has 1 aliphatic rings. The Morgan fingerprint density at radius 3 is 2.72 bits per heavy atom. The smallest absolute Gasteiger partial charge is 0.312 e. The van der Waals surface area contributed by atoms with Gasteiger partial charge in [-0.3, -0.25) is 4.79 Å². The number of hydrogen-bond acceptors (Lipinski definition) is 4. The number of carbonyl (C=O) groups excluding carboxylic acids is 2. The molecule has 0 aliphatic heterocycles. The monoisotopic (exact) mass is 392 g/mol. The number of benzene rings is 1. The maximum Gasteiger partial charge on any atom is 0.312 e. The van der Waals surface area contributed by atoms with E-state index in [2.05, 4.69) is 22.7 Å². The fourth-order valence-electron chi connectivity index (χ4n) is 3.54. The van der Waals surface area contributed by atoms with Gasteiger partial charge < -0.3 is 22.1 Å².